The number of hydrogen-bond acceptors (Lipinski definition) is 4. The lowest BCUT2D eigenvalue weighted by atomic mass is 9.98. The van der Waals surface area contributed by atoms with Crippen LogP contribution in [0.4, 0.5) is 0 Å². The molecule has 23 heavy (non-hydrogen) atoms. The number of nitrogens with zero attached hydrogens (tertiary/aromatic N) is 3. The number of amides is 1. The van der Waals surface area contributed by atoms with Crippen molar-refractivity contribution in [3.05, 3.63) is 33.3 Å². The Morgan fingerprint density at radius 1 is 1.43 bits per heavy atom. The molecule has 3 rings (SSSR count). The second kappa shape index (κ2) is 6.43. The topological polar surface area (TPSA) is 61.9 Å². The number of thiazole rings is 1. The third-order valence-corrected chi connectivity index (χ3v) is 5.71. The first-order valence-electron chi connectivity index (χ1n) is 8.23. The van der Waals surface area contributed by atoms with Crippen LogP contribution >= 0.6 is 11.3 Å². The minimum Gasteiger partial charge on any atom is -0.338 e. The predicted molar refractivity (Wildman–Crippen MR) is 92.1 cm³/mol. The third kappa shape index (κ3) is 3.32. The van der Waals surface area contributed by atoms with Crippen molar-refractivity contribution in [2.24, 2.45) is 0 Å². The fourth-order valence-corrected chi connectivity index (χ4v) is 3.99. The van der Waals surface area contributed by atoms with E-state index in [-0.39, 0.29) is 5.91 Å². The number of rotatable bonds is 3. The normalized spacial score (nSPS) is 18.7. The molecule has 0 radical (unpaired) electrons. The van der Waals surface area contributed by atoms with Crippen LogP contribution in [0.5, 0.6) is 0 Å². The zero-order valence-corrected chi connectivity index (χ0v) is 15.0. The summed E-state index contributed by atoms with van der Waals surface area (Å²) in [6, 6.07) is 0. The van der Waals surface area contributed by atoms with E-state index >= 15 is 0 Å². The van der Waals surface area contributed by atoms with Gasteiger partial charge in [-0.3, -0.25) is 4.79 Å². The molecule has 1 aliphatic rings. The van der Waals surface area contributed by atoms with Crippen LogP contribution < -0.4 is 0 Å². The largest absolute Gasteiger partial charge is 0.338 e. The van der Waals surface area contributed by atoms with E-state index in [1.807, 2.05) is 4.90 Å². The summed E-state index contributed by atoms with van der Waals surface area (Å²) in [6.45, 7) is 9.86. The predicted octanol–water partition coefficient (Wildman–Crippen LogP) is 3.63. The lowest BCUT2D eigenvalue weighted by molar-refractivity contribution is 0.0701. The van der Waals surface area contributed by atoms with Crippen molar-refractivity contribution in [3.63, 3.8) is 0 Å². The van der Waals surface area contributed by atoms with Gasteiger partial charge in [-0.1, -0.05) is 13.8 Å². The lowest BCUT2D eigenvalue weighted by Crippen LogP contribution is -2.39. The van der Waals surface area contributed by atoms with Gasteiger partial charge in [0.2, 0.25) is 0 Å². The second-order valence-corrected chi connectivity index (χ2v) is 7.86. The highest BCUT2D eigenvalue weighted by Gasteiger charge is 2.28. The summed E-state index contributed by atoms with van der Waals surface area (Å²) >= 11 is 1.77. The molecule has 0 aliphatic carbocycles. The van der Waals surface area contributed by atoms with Crippen LogP contribution in [0.15, 0.2) is 6.20 Å². The van der Waals surface area contributed by atoms with E-state index in [4.69, 9.17) is 0 Å². The summed E-state index contributed by atoms with van der Waals surface area (Å²) in [6.07, 6.45) is 3.80. The molecule has 1 saturated heterocycles. The van der Waals surface area contributed by atoms with E-state index in [1.54, 1.807) is 17.5 Å². The molecule has 0 bridgehead atoms. The van der Waals surface area contributed by atoms with Gasteiger partial charge in [0.1, 0.15) is 11.5 Å². The number of carbonyl (C=O) groups excluding carboxylic acids is 1. The van der Waals surface area contributed by atoms with Crippen molar-refractivity contribution in [2.45, 2.75) is 52.4 Å². The summed E-state index contributed by atoms with van der Waals surface area (Å²) in [5, 5.41) is 1.17. The molecular formula is C17H24N4OS. The summed E-state index contributed by atoms with van der Waals surface area (Å²) in [7, 11) is 0. The van der Waals surface area contributed by atoms with Gasteiger partial charge in [0.25, 0.3) is 5.91 Å². The number of piperidine rings is 1. The number of hydrogen-bond donors (Lipinski definition) is 1. The summed E-state index contributed by atoms with van der Waals surface area (Å²) in [5.41, 5.74) is 1.71. The molecule has 0 spiro atoms. The highest BCUT2D eigenvalue weighted by atomic mass is 32.1. The molecule has 6 heteroatoms. The SMILES string of the molecule is Cc1nc([C@@H]2CCCN(C(=O)c3cnc(C(C)C)[nH]3)C2)sc1C. The average molecular weight is 332 g/mol. The summed E-state index contributed by atoms with van der Waals surface area (Å²) < 4.78 is 0. The van der Waals surface area contributed by atoms with Gasteiger partial charge in [-0.05, 0) is 26.7 Å². The summed E-state index contributed by atoms with van der Waals surface area (Å²) in [4.78, 5) is 28.1. The van der Waals surface area contributed by atoms with Crippen molar-refractivity contribution in [1.82, 2.24) is 19.9 Å². The maximum Gasteiger partial charge on any atom is 0.271 e. The first kappa shape index (κ1) is 16.2. The molecule has 5 nitrogen and oxygen atoms in total. The molecule has 0 aromatic carbocycles. The molecule has 1 amide bonds. The van der Waals surface area contributed by atoms with Crippen LogP contribution in [0, 0.1) is 13.8 Å². The Balaban J connectivity index is 1.73. The van der Waals surface area contributed by atoms with Gasteiger partial charge in [0, 0.05) is 29.8 Å². The van der Waals surface area contributed by atoms with Gasteiger partial charge in [-0.15, -0.1) is 11.3 Å². The van der Waals surface area contributed by atoms with E-state index in [0.717, 1.165) is 37.4 Å². The number of carbonyl (C=O) groups is 1. The van der Waals surface area contributed by atoms with Crippen LogP contribution in [0.3, 0.4) is 0 Å². The molecule has 0 unspecified atom stereocenters. The van der Waals surface area contributed by atoms with E-state index in [9.17, 15) is 4.79 Å². The minimum absolute atomic E-state index is 0.0547. The van der Waals surface area contributed by atoms with Gasteiger partial charge < -0.3 is 9.88 Å². The monoisotopic (exact) mass is 332 g/mol. The molecule has 3 heterocycles. The Kier molecular flexibility index (Phi) is 4.53. The second-order valence-electron chi connectivity index (χ2n) is 6.62. The van der Waals surface area contributed by atoms with Gasteiger partial charge in [-0.2, -0.15) is 0 Å². The van der Waals surface area contributed by atoms with Crippen LogP contribution in [-0.2, 0) is 0 Å². The fourth-order valence-electron chi connectivity index (χ4n) is 2.94. The minimum atomic E-state index is 0.0547. The Labute approximate surface area is 141 Å². The molecular weight excluding hydrogens is 308 g/mol. The Bertz CT molecular complexity index is 684. The molecule has 2 aromatic rings. The Morgan fingerprint density at radius 3 is 2.83 bits per heavy atom. The first-order chi connectivity index (χ1) is 11.0. The molecule has 1 aliphatic heterocycles. The number of aromatic amines is 1. The van der Waals surface area contributed by atoms with E-state index < -0.39 is 0 Å². The lowest BCUT2D eigenvalue weighted by Gasteiger charge is -2.31. The highest BCUT2D eigenvalue weighted by Crippen LogP contribution is 2.31. The van der Waals surface area contributed by atoms with Crippen LogP contribution in [-0.4, -0.2) is 38.8 Å². The first-order valence-corrected chi connectivity index (χ1v) is 9.05. The molecule has 2 aromatic heterocycles. The number of imidazole rings is 1. The van der Waals surface area contributed by atoms with Crippen molar-refractivity contribution in [1.29, 1.82) is 0 Å². The molecule has 1 atom stereocenters. The molecule has 124 valence electrons. The van der Waals surface area contributed by atoms with Crippen molar-refractivity contribution < 1.29 is 4.79 Å². The molecule has 1 fully saturated rings. The van der Waals surface area contributed by atoms with Gasteiger partial charge >= 0.3 is 0 Å². The maximum absolute atomic E-state index is 12.7. The zero-order chi connectivity index (χ0) is 16.6. The van der Waals surface area contributed by atoms with Crippen molar-refractivity contribution in [3.8, 4) is 0 Å². The van der Waals surface area contributed by atoms with Crippen molar-refractivity contribution in [2.75, 3.05) is 13.1 Å². The standard InChI is InChI=1S/C17H24N4OS/c1-10(2)15-18-8-14(20-15)17(22)21-7-5-6-13(9-21)16-19-11(3)12(4)23-16/h8,10,13H,5-7,9H2,1-4H3,(H,18,20)/t13-/m1/s1. The number of H-pyrrole nitrogens is 1. The Morgan fingerprint density at radius 2 is 2.22 bits per heavy atom. The number of likely N-dealkylation sites (tertiary alicyclic amines) is 1. The number of aryl methyl sites for hydroxylation is 2. The van der Waals surface area contributed by atoms with E-state index in [0.29, 0.717) is 17.5 Å². The maximum atomic E-state index is 12.7. The molecule has 0 saturated carbocycles. The van der Waals surface area contributed by atoms with Crippen LogP contribution in [0.25, 0.3) is 0 Å². The highest BCUT2D eigenvalue weighted by molar-refractivity contribution is 7.11. The fraction of sp³-hybridized carbons (Fsp3) is 0.588. The van der Waals surface area contributed by atoms with Gasteiger partial charge in [-0.25, -0.2) is 9.97 Å². The zero-order valence-electron chi connectivity index (χ0n) is 14.2. The third-order valence-electron chi connectivity index (χ3n) is 4.48. The van der Waals surface area contributed by atoms with E-state index in [2.05, 4.69) is 42.6 Å². The van der Waals surface area contributed by atoms with E-state index in [1.165, 1.54) is 9.88 Å². The van der Waals surface area contributed by atoms with Crippen molar-refractivity contribution >= 4 is 17.2 Å². The smallest absolute Gasteiger partial charge is 0.271 e. The van der Waals surface area contributed by atoms with Gasteiger partial charge in [0.15, 0.2) is 0 Å². The van der Waals surface area contributed by atoms with Crippen LogP contribution in [0.1, 0.15) is 70.4 Å². The average Bonchev–Trinajstić information content (AvgIpc) is 3.15. The van der Waals surface area contributed by atoms with Crippen LogP contribution in [0.2, 0.25) is 0 Å². The number of aromatic nitrogens is 3. The quantitative estimate of drug-likeness (QED) is 0.933. The Hall–Kier alpha value is -1.69. The molecule has 1 N–H and O–H groups in total. The summed E-state index contributed by atoms with van der Waals surface area (Å²) in [5.74, 6) is 1.58. The number of nitrogens with one attached hydrogen (secondary N) is 1. The van der Waals surface area contributed by atoms with Gasteiger partial charge in [0.05, 0.1) is 16.9 Å².